The van der Waals surface area contributed by atoms with Crippen molar-refractivity contribution in [2.24, 2.45) is 0 Å². The molecule has 14 heavy (non-hydrogen) atoms. The molecule has 0 spiro atoms. The van der Waals surface area contributed by atoms with Crippen LogP contribution >= 0.6 is 11.3 Å². The Morgan fingerprint density at radius 3 is 2.79 bits per heavy atom. The van der Waals surface area contributed by atoms with E-state index in [0.29, 0.717) is 0 Å². The highest BCUT2D eigenvalue weighted by Crippen LogP contribution is 2.15. The minimum absolute atomic E-state index is 0.0865. The van der Waals surface area contributed by atoms with E-state index in [1.807, 2.05) is 32.9 Å². The smallest absolute Gasteiger partial charge is 0.198 e. The maximum absolute atomic E-state index is 11.6. The van der Waals surface area contributed by atoms with Gasteiger partial charge in [0.1, 0.15) is 6.61 Å². The fourth-order valence-electron chi connectivity index (χ4n) is 0.991. The summed E-state index contributed by atoms with van der Waals surface area (Å²) in [6.07, 6.45) is 1.11. The largest absolute Gasteiger partial charge is 0.370 e. The summed E-state index contributed by atoms with van der Waals surface area (Å²) < 4.78 is 5.37. The molecule has 0 bridgehead atoms. The van der Waals surface area contributed by atoms with E-state index in [-0.39, 0.29) is 18.5 Å². The van der Waals surface area contributed by atoms with Gasteiger partial charge in [0, 0.05) is 4.88 Å². The Kier molecular flexibility index (Phi) is 4.29. The Balaban J connectivity index is 2.43. The summed E-state index contributed by atoms with van der Waals surface area (Å²) in [5, 5.41) is 0. The Hall–Kier alpha value is -0.670. The number of rotatable bonds is 5. The summed E-state index contributed by atoms with van der Waals surface area (Å²) in [6, 6.07) is 3.82. The van der Waals surface area contributed by atoms with Crippen LogP contribution in [0.15, 0.2) is 12.1 Å². The van der Waals surface area contributed by atoms with Crippen molar-refractivity contribution in [3.63, 3.8) is 0 Å². The van der Waals surface area contributed by atoms with Crippen molar-refractivity contribution in [3.8, 4) is 0 Å². The van der Waals surface area contributed by atoms with Gasteiger partial charge in [0.25, 0.3) is 0 Å². The van der Waals surface area contributed by atoms with Crippen molar-refractivity contribution < 1.29 is 9.53 Å². The number of aryl methyl sites for hydroxylation is 1. The van der Waals surface area contributed by atoms with Gasteiger partial charge in [-0.3, -0.25) is 4.79 Å². The van der Waals surface area contributed by atoms with Crippen LogP contribution in [0, 0.1) is 6.92 Å². The second kappa shape index (κ2) is 5.27. The minimum atomic E-state index is 0.0865. The third-order valence-corrected chi connectivity index (χ3v) is 3.13. The van der Waals surface area contributed by atoms with Crippen LogP contribution in [0.5, 0.6) is 0 Å². The lowest BCUT2D eigenvalue weighted by atomic mass is 10.3. The summed E-state index contributed by atoms with van der Waals surface area (Å²) >= 11 is 1.53. The molecule has 0 aromatic carbocycles. The number of hydrogen-bond acceptors (Lipinski definition) is 3. The maximum atomic E-state index is 11.6. The molecule has 1 heterocycles. The zero-order chi connectivity index (χ0) is 10.6. The van der Waals surface area contributed by atoms with E-state index in [4.69, 9.17) is 4.74 Å². The molecule has 0 N–H and O–H groups in total. The molecular weight excluding hydrogens is 196 g/mol. The van der Waals surface area contributed by atoms with Crippen LogP contribution in [0.1, 0.15) is 34.8 Å². The van der Waals surface area contributed by atoms with E-state index < -0.39 is 0 Å². The standard InChI is InChI=1S/C11H16O2S/c1-4-8(2)13-7-10(12)11-6-5-9(3)14-11/h5-6,8H,4,7H2,1-3H3. The molecule has 0 amide bonds. The van der Waals surface area contributed by atoms with Crippen LogP contribution in [0.4, 0.5) is 0 Å². The summed E-state index contributed by atoms with van der Waals surface area (Å²) in [5.41, 5.74) is 0. The van der Waals surface area contributed by atoms with Crippen molar-refractivity contribution in [2.45, 2.75) is 33.3 Å². The van der Waals surface area contributed by atoms with Crippen molar-refractivity contribution in [1.82, 2.24) is 0 Å². The van der Waals surface area contributed by atoms with Gasteiger partial charge in [0.2, 0.25) is 0 Å². The highest BCUT2D eigenvalue weighted by Gasteiger charge is 2.09. The Labute approximate surface area is 88.9 Å². The van der Waals surface area contributed by atoms with E-state index in [9.17, 15) is 4.79 Å². The Morgan fingerprint density at radius 1 is 1.57 bits per heavy atom. The molecule has 1 unspecified atom stereocenters. The van der Waals surface area contributed by atoms with Gasteiger partial charge in [-0.1, -0.05) is 6.92 Å². The number of thiophene rings is 1. The first kappa shape index (κ1) is 11.4. The second-order valence-electron chi connectivity index (χ2n) is 3.36. The molecule has 1 rings (SSSR count). The van der Waals surface area contributed by atoms with Crippen LogP contribution in [-0.4, -0.2) is 18.5 Å². The lowest BCUT2D eigenvalue weighted by Gasteiger charge is -2.08. The monoisotopic (exact) mass is 212 g/mol. The van der Waals surface area contributed by atoms with Crippen LogP contribution in [-0.2, 0) is 4.74 Å². The molecule has 78 valence electrons. The zero-order valence-electron chi connectivity index (χ0n) is 8.87. The summed E-state index contributed by atoms with van der Waals surface area (Å²) in [4.78, 5) is 13.5. The highest BCUT2D eigenvalue weighted by atomic mass is 32.1. The summed E-state index contributed by atoms with van der Waals surface area (Å²) in [6.45, 7) is 6.23. The van der Waals surface area contributed by atoms with Gasteiger partial charge in [0.05, 0.1) is 11.0 Å². The van der Waals surface area contributed by atoms with Gasteiger partial charge in [-0.05, 0) is 32.4 Å². The molecule has 0 fully saturated rings. The molecule has 3 heteroatoms. The molecular formula is C11H16O2S. The number of carbonyl (C=O) groups excluding carboxylic acids is 1. The third kappa shape index (κ3) is 3.24. The van der Waals surface area contributed by atoms with Crippen LogP contribution in [0.25, 0.3) is 0 Å². The molecule has 0 aliphatic carbocycles. The lowest BCUT2D eigenvalue weighted by molar-refractivity contribution is 0.0514. The van der Waals surface area contributed by atoms with Crippen LogP contribution in [0.3, 0.4) is 0 Å². The normalized spacial score (nSPS) is 12.8. The predicted molar refractivity (Wildman–Crippen MR) is 59.1 cm³/mol. The first-order chi connectivity index (χ1) is 6.63. The molecule has 0 radical (unpaired) electrons. The molecule has 0 aliphatic heterocycles. The SMILES string of the molecule is CCC(C)OCC(=O)c1ccc(C)s1. The molecule has 0 saturated heterocycles. The average molecular weight is 212 g/mol. The fraction of sp³-hybridized carbons (Fsp3) is 0.545. The van der Waals surface area contributed by atoms with Crippen molar-refractivity contribution >= 4 is 17.1 Å². The number of carbonyl (C=O) groups is 1. The van der Waals surface area contributed by atoms with E-state index in [0.717, 1.165) is 16.2 Å². The number of ketones is 1. The van der Waals surface area contributed by atoms with E-state index in [1.54, 1.807) is 0 Å². The molecule has 1 aromatic rings. The predicted octanol–water partition coefficient (Wildman–Crippen LogP) is 3.05. The molecule has 2 nitrogen and oxygen atoms in total. The first-order valence-corrected chi connectivity index (χ1v) is 5.66. The van der Waals surface area contributed by atoms with Gasteiger partial charge in [-0.2, -0.15) is 0 Å². The fourth-order valence-corrected chi connectivity index (χ4v) is 1.78. The van der Waals surface area contributed by atoms with Gasteiger partial charge < -0.3 is 4.74 Å². The van der Waals surface area contributed by atoms with Crippen molar-refractivity contribution in [2.75, 3.05) is 6.61 Å². The summed E-state index contributed by atoms with van der Waals surface area (Å²) in [5.74, 6) is 0.0865. The first-order valence-electron chi connectivity index (χ1n) is 4.84. The maximum Gasteiger partial charge on any atom is 0.198 e. The summed E-state index contributed by atoms with van der Waals surface area (Å²) in [7, 11) is 0. The average Bonchev–Trinajstić information content (AvgIpc) is 2.60. The van der Waals surface area contributed by atoms with E-state index >= 15 is 0 Å². The molecule has 1 aromatic heterocycles. The quantitative estimate of drug-likeness (QED) is 0.701. The third-order valence-electron chi connectivity index (χ3n) is 2.09. The van der Waals surface area contributed by atoms with Crippen LogP contribution < -0.4 is 0 Å². The Bertz CT molecular complexity index is 304. The van der Waals surface area contributed by atoms with Crippen LogP contribution in [0.2, 0.25) is 0 Å². The Morgan fingerprint density at radius 2 is 2.29 bits per heavy atom. The number of Topliss-reactive ketones (excluding diaryl/α,β-unsaturated/α-hetero) is 1. The van der Waals surface area contributed by atoms with E-state index in [1.165, 1.54) is 11.3 Å². The van der Waals surface area contributed by atoms with Gasteiger partial charge in [-0.25, -0.2) is 0 Å². The van der Waals surface area contributed by atoms with Gasteiger partial charge in [0.15, 0.2) is 5.78 Å². The molecule has 0 aliphatic rings. The number of hydrogen-bond donors (Lipinski definition) is 0. The van der Waals surface area contributed by atoms with Crippen molar-refractivity contribution in [1.29, 1.82) is 0 Å². The minimum Gasteiger partial charge on any atom is -0.370 e. The topological polar surface area (TPSA) is 26.3 Å². The molecule has 1 atom stereocenters. The number of ether oxygens (including phenoxy) is 1. The zero-order valence-corrected chi connectivity index (χ0v) is 9.69. The second-order valence-corrected chi connectivity index (χ2v) is 4.65. The lowest BCUT2D eigenvalue weighted by Crippen LogP contribution is -2.14. The van der Waals surface area contributed by atoms with Crippen molar-refractivity contribution in [3.05, 3.63) is 21.9 Å². The molecule has 0 saturated carbocycles. The van der Waals surface area contributed by atoms with E-state index in [2.05, 4.69) is 0 Å². The van der Waals surface area contributed by atoms with Gasteiger partial charge in [-0.15, -0.1) is 11.3 Å². The highest BCUT2D eigenvalue weighted by molar-refractivity contribution is 7.14. The van der Waals surface area contributed by atoms with Gasteiger partial charge >= 0.3 is 0 Å².